The Balaban J connectivity index is 2.75. The van der Waals surface area contributed by atoms with Crippen LogP contribution >= 0.6 is 12.2 Å². The van der Waals surface area contributed by atoms with Gasteiger partial charge in [0.15, 0.2) is 0 Å². The third-order valence-electron chi connectivity index (χ3n) is 1.88. The second-order valence-corrected chi connectivity index (χ2v) is 4.10. The number of thiocarbonyl (C=S) groups is 1. The van der Waals surface area contributed by atoms with Crippen molar-refractivity contribution >= 4 is 17.2 Å². The maximum Gasteiger partial charge on any atom is 0.103 e. The van der Waals surface area contributed by atoms with Gasteiger partial charge in [-0.2, -0.15) is 0 Å². The molecule has 0 amide bonds. The summed E-state index contributed by atoms with van der Waals surface area (Å²) in [7, 11) is 0. The van der Waals surface area contributed by atoms with Gasteiger partial charge in [0.1, 0.15) is 4.99 Å². The van der Waals surface area contributed by atoms with E-state index in [2.05, 4.69) is 26.0 Å². The van der Waals surface area contributed by atoms with Crippen molar-refractivity contribution in [3.8, 4) is 0 Å². The van der Waals surface area contributed by atoms with Gasteiger partial charge in [0, 0.05) is 5.56 Å². The first-order valence-electron chi connectivity index (χ1n) is 4.48. The van der Waals surface area contributed by atoms with Crippen molar-refractivity contribution in [1.82, 2.24) is 0 Å². The van der Waals surface area contributed by atoms with Crippen molar-refractivity contribution in [2.45, 2.75) is 20.3 Å². The average molecular weight is 193 g/mol. The Hall–Kier alpha value is -0.890. The van der Waals surface area contributed by atoms with Crippen molar-refractivity contribution in [1.29, 1.82) is 0 Å². The van der Waals surface area contributed by atoms with Crippen LogP contribution in [-0.4, -0.2) is 4.99 Å². The molecule has 0 aliphatic heterocycles. The molecule has 0 aliphatic rings. The van der Waals surface area contributed by atoms with Crippen molar-refractivity contribution < 1.29 is 0 Å². The molecule has 1 nitrogen and oxygen atoms in total. The summed E-state index contributed by atoms with van der Waals surface area (Å²) in [6, 6.07) is 8.16. The summed E-state index contributed by atoms with van der Waals surface area (Å²) < 4.78 is 0. The van der Waals surface area contributed by atoms with Crippen LogP contribution in [0.4, 0.5) is 0 Å². The number of nitrogens with two attached hydrogens (primary N) is 1. The Bertz CT molecular complexity index is 287. The topological polar surface area (TPSA) is 26.0 Å². The normalized spacial score (nSPS) is 10.4. The maximum atomic E-state index is 5.50. The highest BCUT2D eigenvalue weighted by molar-refractivity contribution is 7.80. The van der Waals surface area contributed by atoms with E-state index >= 15 is 0 Å². The molecule has 0 fully saturated rings. The van der Waals surface area contributed by atoms with Gasteiger partial charge in [-0.1, -0.05) is 50.3 Å². The number of rotatable bonds is 3. The van der Waals surface area contributed by atoms with E-state index in [0.29, 0.717) is 10.9 Å². The zero-order valence-corrected chi connectivity index (χ0v) is 8.90. The largest absolute Gasteiger partial charge is 0.389 e. The Morgan fingerprint density at radius 1 is 1.31 bits per heavy atom. The monoisotopic (exact) mass is 193 g/mol. The van der Waals surface area contributed by atoms with Crippen LogP contribution in [-0.2, 0) is 6.42 Å². The van der Waals surface area contributed by atoms with Crippen LogP contribution in [0.15, 0.2) is 24.3 Å². The van der Waals surface area contributed by atoms with Gasteiger partial charge in [0.2, 0.25) is 0 Å². The predicted molar refractivity (Wildman–Crippen MR) is 60.9 cm³/mol. The molecule has 0 atom stereocenters. The van der Waals surface area contributed by atoms with Crippen LogP contribution in [0.2, 0.25) is 0 Å². The molecular weight excluding hydrogens is 178 g/mol. The van der Waals surface area contributed by atoms with Crippen molar-refractivity contribution in [3.05, 3.63) is 35.4 Å². The van der Waals surface area contributed by atoms with Gasteiger partial charge in [-0.05, 0) is 17.9 Å². The fourth-order valence-corrected chi connectivity index (χ4v) is 1.41. The highest BCUT2D eigenvalue weighted by atomic mass is 32.1. The number of hydrogen-bond donors (Lipinski definition) is 1. The van der Waals surface area contributed by atoms with E-state index in [4.69, 9.17) is 18.0 Å². The van der Waals surface area contributed by atoms with Crippen molar-refractivity contribution in [2.75, 3.05) is 0 Å². The third-order valence-corrected chi connectivity index (χ3v) is 2.12. The molecule has 0 radical (unpaired) electrons. The maximum absolute atomic E-state index is 5.50. The molecule has 0 saturated heterocycles. The third kappa shape index (κ3) is 3.15. The molecule has 0 aliphatic carbocycles. The molecule has 0 aromatic heterocycles. The van der Waals surface area contributed by atoms with Crippen LogP contribution in [0.25, 0.3) is 0 Å². The van der Waals surface area contributed by atoms with E-state index in [1.807, 2.05) is 12.1 Å². The van der Waals surface area contributed by atoms with Gasteiger partial charge >= 0.3 is 0 Å². The summed E-state index contributed by atoms with van der Waals surface area (Å²) in [5.74, 6) is 0.690. The van der Waals surface area contributed by atoms with Gasteiger partial charge in [0.05, 0.1) is 0 Å². The van der Waals surface area contributed by atoms with E-state index in [0.717, 1.165) is 12.0 Å². The SMILES string of the molecule is CC(C)Cc1ccc(C(N)=S)cc1. The minimum atomic E-state index is 0.469. The fourth-order valence-electron chi connectivity index (χ4n) is 1.28. The Kier molecular flexibility index (Phi) is 3.43. The summed E-state index contributed by atoms with van der Waals surface area (Å²) in [6.45, 7) is 4.42. The smallest absolute Gasteiger partial charge is 0.103 e. The van der Waals surface area contributed by atoms with Crippen LogP contribution in [0.1, 0.15) is 25.0 Å². The molecule has 2 N–H and O–H groups in total. The molecule has 0 heterocycles. The van der Waals surface area contributed by atoms with Crippen LogP contribution in [0.3, 0.4) is 0 Å². The van der Waals surface area contributed by atoms with Gasteiger partial charge in [0.25, 0.3) is 0 Å². The molecule has 1 aromatic carbocycles. The zero-order chi connectivity index (χ0) is 9.84. The highest BCUT2D eigenvalue weighted by Gasteiger charge is 1.98. The lowest BCUT2D eigenvalue weighted by Gasteiger charge is -2.05. The first-order valence-corrected chi connectivity index (χ1v) is 4.89. The van der Waals surface area contributed by atoms with Gasteiger partial charge < -0.3 is 5.73 Å². The summed E-state index contributed by atoms with van der Waals surface area (Å²) in [5, 5.41) is 0. The molecule has 1 rings (SSSR count). The van der Waals surface area contributed by atoms with E-state index in [1.54, 1.807) is 0 Å². The minimum absolute atomic E-state index is 0.469. The lowest BCUT2D eigenvalue weighted by Crippen LogP contribution is -2.09. The van der Waals surface area contributed by atoms with Crippen molar-refractivity contribution in [2.24, 2.45) is 11.7 Å². The summed E-state index contributed by atoms with van der Waals surface area (Å²) >= 11 is 4.87. The average Bonchev–Trinajstić information content (AvgIpc) is 2.04. The second-order valence-electron chi connectivity index (χ2n) is 3.66. The quantitative estimate of drug-likeness (QED) is 0.746. The van der Waals surface area contributed by atoms with Gasteiger partial charge in [-0.3, -0.25) is 0 Å². The number of hydrogen-bond acceptors (Lipinski definition) is 1. The second kappa shape index (κ2) is 4.38. The molecule has 13 heavy (non-hydrogen) atoms. The molecule has 2 heteroatoms. The zero-order valence-electron chi connectivity index (χ0n) is 8.08. The fraction of sp³-hybridized carbons (Fsp3) is 0.364. The van der Waals surface area contributed by atoms with E-state index in [-0.39, 0.29) is 0 Å². The first kappa shape index (κ1) is 10.2. The molecule has 0 saturated carbocycles. The predicted octanol–water partition coefficient (Wildman–Crippen LogP) is 2.52. The highest BCUT2D eigenvalue weighted by Crippen LogP contribution is 2.09. The van der Waals surface area contributed by atoms with Crippen LogP contribution < -0.4 is 5.73 Å². The van der Waals surface area contributed by atoms with E-state index < -0.39 is 0 Å². The van der Waals surface area contributed by atoms with Crippen LogP contribution in [0, 0.1) is 5.92 Å². The van der Waals surface area contributed by atoms with Gasteiger partial charge in [-0.15, -0.1) is 0 Å². The number of benzene rings is 1. The lowest BCUT2D eigenvalue weighted by molar-refractivity contribution is 0.647. The Morgan fingerprint density at radius 2 is 1.85 bits per heavy atom. The summed E-state index contributed by atoms with van der Waals surface area (Å²) in [5.41, 5.74) is 7.79. The molecule has 0 spiro atoms. The lowest BCUT2D eigenvalue weighted by atomic mass is 10.0. The van der Waals surface area contributed by atoms with E-state index in [1.165, 1.54) is 5.56 Å². The Labute approximate surface area is 85.0 Å². The Morgan fingerprint density at radius 3 is 2.23 bits per heavy atom. The van der Waals surface area contributed by atoms with Gasteiger partial charge in [-0.25, -0.2) is 0 Å². The molecule has 1 aromatic rings. The standard InChI is InChI=1S/C11H15NS/c1-8(2)7-9-3-5-10(6-4-9)11(12)13/h3-6,8H,7H2,1-2H3,(H2,12,13). The molecule has 0 unspecified atom stereocenters. The summed E-state index contributed by atoms with van der Waals surface area (Å²) in [6.07, 6.45) is 1.11. The van der Waals surface area contributed by atoms with Crippen LogP contribution in [0.5, 0.6) is 0 Å². The summed E-state index contributed by atoms with van der Waals surface area (Å²) in [4.78, 5) is 0.469. The van der Waals surface area contributed by atoms with Crippen molar-refractivity contribution in [3.63, 3.8) is 0 Å². The molecule has 0 bridgehead atoms. The first-order chi connectivity index (χ1) is 6.09. The minimum Gasteiger partial charge on any atom is -0.389 e. The molecule has 70 valence electrons. The van der Waals surface area contributed by atoms with E-state index in [9.17, 15) is 0 Å². The molecular formula is C11H15NS.